The van der Waals surface area contributed by atoms with Crippen molar-refractivity contribution < 1.29 is 13.6 Å². The first kappa shape index (κ1) is 14.2. The molecule has 2 aromatic carbocycles. The van der Waals surface area contributed by atoms with Gasteiger partial charge in [-0.1, -0.05) is 39.7 Å². The quantitative estimate of drug-likeness (QED) is 0.730. The molecule has 0 fully saturated rings. The first-order chi connectivity index (χ1) is 8.97. The van der Waals surface area contributed by atoms with E-state index >= 15 is 0 Å². The fourth-order valence-electron chi connectivity index (χ4n) is 1.73. The molecule has 0 atom stereocenters. The Morgan fingerprint density at radius 2 is 1.79 bits per heavy atom. The standard InChI is InChI=1S/C14H8BrClF2O/c15-9-6-11(17)14(12(18)7-9)13(19)5-8-2-1-3-10(16)4-8/h1-4,6-7H,5H2. The number of halogens is 4. The average Bonchev–Trinajstić information content (AvgIpc) is 2.27. The summed E-state index contributed by atoms with van der Waals surface area (Å²) in [4.78, 5) is 11.9. The minimum absolute atomic E-state index is 0.101. The molecule has 1 nitrogen and oxygen atoms in total. The molecule has 0 radical (unpaired) electrons. The number of carbonyl (C=O) groups excluding carboxylic acids is 1. The van der Waals surface area contributed by atoms with Crippen molar-refractivity contribution in [2.75, 3.05) is 0 Å². The number of Topliss-reactive ketones (excluding diaryl/α,β-unsaturated/α-hetero) is 1. The third-order valence-corrected chi connectivity index (χ3v) is 3.23. The number of hydrogen-bond donors (Lipinski definition) is 0. The number of hydrogen-bond acceptors (Lipinski definition) is 1. The summed E-state index contributed by atoms with van der Waals surface area (Å²) in [5.74, 6) is -2.37. The van der Waals surface area contributed by atoms with Crippen molar-refractivity contribution in [3.8, 4) is 0 Å². The van der Waals surface area contributed by atoms with Crippen molar-refractivity contribution >= 4 is 33.3 Å². The van der Waals surface area contributed by atoms with E-state index in [1.165, 1.54) is 0 Å². The van der Waals surface area contributed by atoms with Crippen molar-refractivity contribution in [2.24, 2.45) is 0 Å². The third kappa shape index (κ3) is 3.39. The van der Waals surface area contributed by atoms with Gasteiger partial charge in [0, 0.05) is 15.9 Å². The molecule has 19 heavy (non-hydrogen) atoms. The van der Waals surface area contributed by atoms with Gasteiger partial charge >= 0.3 is 0 Å². The lowest BCUT2D eigenvalue weighted by Crippen LogP contribution is -2.09. The van der Waals surface area contributed by atoms with Crippen LogP contribution in [0.1, 0.15) is 15.9 Å². The van der Waals surface area contributed by atoms with Crippen LogP contribution in [0, 0.1) is 11.6 Å². The molecule has 0 bridgehead atoms. The van der Waals surface area contributed by atoms with Crippen molar-refractivity contribution in [1.82, 2.24) is 0 Å². The SMILES string of the molecule is O=C(Cc1cccc(Cl)c1)c1c(F)cc(Br)cc1F. The molecule has 2 rings (SSSR count). The van der Waals surface area contributed by atoms with Crippen LogP contribution in [0.2, 0.25) is 5.02 Å². The van der Waals surface area contributed by atoms with E-state index in [4.69, 9.17) is 11.6 Å². The van der Waals surface area contributed by atoms with Gasteiger partial charge in [-0.05, 0) is 29.8 Å². The van der Waals surface area contributed by atoms with Gasteiger partial charge in [0.05, 0.1) is 5.56 Å². The second kappa shape index (κ2) is 5.80. The number of ketones is 1. The molecule has 5 heteroatoms. The molecule has 0 saturated carbocycles. The largest absolute Gasteiger partial charge is 0.294 e. The van der Waals surface area contributed by atoms with E-state index in [-0.39, 0.29) is 10.9 Å². The second-order valence-corrected chi connectivity index (χ2v) is 5.33. The van der Waals surface area contributed by atoms with Crippen molar-refractivity contribution in [2.45, 2.75) is 6.42 Å². The van der Waals surface area contributed by atoms with Gasteiger partial charge in [-0.15, -0.1) is 0 Å². The monoisotopic (exact) mass is 344 g/mol. The van der Waals surface area contributed by atoms with Crippen LogP contribution in [0.25, 0.3) is 0 Å². The zero-order chi connectivity index (χ0) is 14.0. The van der Waals surface area contributed by atoms with Gasteiger partial charge in [0.1, 0.15) is 11.6 Å². The summed E-state index contributed by atoms with van der Waals surface area (Å²) in [5.41, 5.74) is 0.0856. The summed E-state index contributed by atoms with van der Waals surface area (Å²) in [7, 11) is 0. The van der Waals surface area contributed by atoms with E-state index in [1.807, 2.05) is 0 Å². The van der Waals surface area contributed by atoms with Gasteiger partial charge in [0.25, 0.3) is 0 Å². The molecule has 0 saturated heterocycles. The highest BCUT2D eigenvalue weighted by molar-refractivity contribution is 9.10. The summed E-state index contributed by atoms with van der Waals surface area (Å²) in [6.07, 6.45) is -0.101. The molecule has 0 amide bonds. The van der Waals surface area contributed by atoms with Crippen LogP contribution >= 0.6 is 27.5 Å². The van der Waals surface area contributed by atoms with Crippen molar-refractivity contribution in [3.63, 3.8) is 0 Å². The van der Waals surface area contributed by atoms with Crippen LogP contribution in [0.5, 0.6) is 0 Å². The van der Waals surface area contributed by atoms with E-state index in [0.29, 0.717) is 10.6 Å². The molecule has 0 N–H and O–H groups in total. The first-order valence-electron chi connectivity index (χ1n) is 5.39. The molecule has 0 aromatic heterocycles. The fourth-order valence-corrected chi connectivity index (χ4v) is 2.34. The Kier molecular flexibility index (Phi) is 4.32. The fraction of sp³-hybridized carbons (Fsp3) is 0.0714. The Morgan fingerprint density at radius 3 is 2.37 bits per heavy atom. The van der Waals surface area contributed by atoms with Crippen molar-refractivity contribution in [1.29, 1.82) is 0 Å². The second-order valence-electron chi connectivity index (χ2n) is 3.97. The smallest absolute Gasteiger partial charge is 0.173 e. The van der Waals surface area contributed by atoms with E-state index in [2.05, 4.69) is 15.9 Å². The highest BCUT2D eigenvalue weighted by Gasteiger charge is 2.18. The summed E-state index contributed by atoms with van der Waals surface area (Å²) < 4.78 is 27.5. The molecule has 0 aliphatic rings. The highest BCUT2D eigenvalue weighted by atomic mass is 79.9. The molecule has 0 heterocycles. The topological polar surface area (TPSA) is 17.1 Å². The van der Waals surface area contributed by atoms with E-state index in [0.717, 1.165) is 12.1 Å². The van der Waals surface area contributed by atoms with Gasteiger partial charge in [-0.3, -0.25) is 4.79 Å². The minimum Gasteiger partial charge on any atom is -0.294 e. The lowest BCUT2D eigenvalue weighted by atomic mass is 10.0. The van der Waals surface area contributed by atoms with Gasteiger partial charge in [0.15, 0.2) is 5.78 Å². The summed E-state index contributed by atoms with van der Waals surface area (Å²) in [6, 6.07) is 8.74. The number of carbonyl (C=O) groups is 1. The van der Waals surface area contributed by atoms with E-state index in [9.17, 15) is 13.6 Å². The van der Waals surface area contributed by atoms with Gasteiger partial charge in [0.2, 0.25) is 0 Å². The summed E-state index contributed by atoms with van der Waals surface area (Å²) in [5, 5.41) is 0.474. The highest BCUT2D eigenvalue weighted by Crippen LogP contribution is 2.21. The average molecular weight is 346 g/mol. The van der Waals surface area contributed by atoms with Crippen LogP contribution < -0.4 is 0 Å². The lowest BCUT2D eigenvalue weighted by Gasteiger charge is -2.05. The molecule has 0 spiro atoms. The molecule has 0 aliphatic carbocycles. The molecule has 98 valence electrons. The maximum Gasteiger partial charge on any atom is 0.173 e. The van der Waals surface area contributed by atoms with Crippen molar-refractivity contribution in [3.05, 3.63) is 68.7 Å². The van der Waals surface area contributed by atoms with Gasteiger partial charge < -0.3 is 0 Å². The van der Waals surface area contributed by atoms with Crippen LogP contribution in [-0.4, -0.2) is 5.78 Å². The third-order valence-electron chi connectivity index (χ3n) is 2.54. The molecule has 0 unspecified atom stereocenters. The predicted octanol–water partition coefficient (Wildman–Crippen LogP) is 4.81. The Labute approximate surface area is 122 Å². The van der Waals surface area contributed by atoms with E-state index < -0.39 is 23.0 Å². The zero-order valence-electron chi connectivity index (χ0n) is 9.59. The Balaban J connectivity index is 2.31. The van der Waals surface area contributed by atoms with E-state index in [1.54, 1.807) is 24.3 Å². The number of benzene rings is 2. The Bertz CT molecular complexity index is 620. The lowest BCUT2D eigenvalue weighted by molar-refractivity contribution is 0.0985. The summed E-state index contributed by atoms with van der Waals surface area (Å²) in [6.45, 7) is 0. The number of rotatable bonds is 3. The molecule has 2 aromatic rings. The van der Waals surface area contributed by atoms with Gasteiger partial charge in [-0.25, -0.2) is 8.78 Å². The Morgan fingerprint density at radius 1 is 1.16 bits per heavy atom. The predicted molar refractivity (Wildman–Crippen MR) is 73.5 cm³/mol. The van der Waals surface area contributed by atoms with Gasteiger partial charge in [-0.2, -0.15) is 0 Å². The first-order valence-corrected chi connectivity index (χ1v) is 6.56. The molecular formula is C14H8BrClF2O. The van der Waals surface area contributed by atoms with Crippen LogP contribution in [0.15, 0.2) is 40.9 Å². The zero-order valence-corrected chi connectivity index (χ0v) is 11.9. The normalized spacial score (nSPS) is 10.5. The van der Waals surface area contributed by atoms with Crippen LogP contribution in [0.3, 0.4) is 0 Å². The van der Waals surface area contributed by atoms with Crippen LogP contribution in [-0.2, 0) is 6.42 Å². The summed E-state index contributed by atoms with van der Waals surface area (Å²) >= 11 is 8.76. The molecular weight excluding hydrogens is 338 g/mol. The Hall–Kier alpha value is -1.26. The molecule has 0 aliphatic heterocycles. The maximum absolute atomic E-state index is 13.6. The minimum atomic E-state index is -0.876. The van der Waals surface area contributed by atoms with Crippen LogP contribution in [0.4, 0.5) is 8.78 Å². The maximum atomic E-state index is 13.6.